The van der Waals surface area contributed by atoms with Gasteiger partial charge in [0.05, 0.1) is 5.71 Å². The molecule has 0 saturated heterocycles. The third kappa shape index (κ3) is 6.84. The van der Waals surface area contributed by atoms with Crippen molar-refractivity contribution in [2.45, 2.75) is 26.3 Å². The normalized spacial score (nSPS) is 13.0. The van der Waals surface area contributed by atoms with Crippen LogP contribution in [-0.4, -0.2) is 23.6 Å². The lowest BCUT2D eigenvalue weighted by Gasteiger charge is -2.17. The van der Waals surface area contributed by atoms with Crippen LogP contribution in [0.5, 0.6) is 0 Å². The predicted molar refractivity (Wildman–Crippen MR) is 110 cm³/mol. The molecule has 0 spiro atoms. The van der Waals surface area contributed by atoms with E-state index in [1.54, 1.807) is 0 Å². The summed E-state index contributed by atoms with van der Waals surface area (Å²) < 4.78 is 26.1. The number of guanidine groups is 1. The summed E-state index contributed by atoms with van der Waals surface area (Å²) in [5, 5.41) is 13.9. The molecule has 1 atom stereocenters. The Morgan fingerprint density at radius 1 is 1.10 bits per heavy atom. The number of aliphatic imine (C=N–C) groups is 1. The topological polar surface area (TPSA) is 103 Å². The van der Waals surface area contributed by atoms with Crippen molar-refractivity contribution in [3.8, 4) is 0 Å². The molecule has 0 aliphatic heterocycles. The zero-order valence-corrected chi connectivity index (χ0v) is 16.2. The second kappa shape index (κ2) is 10.1. The Morgan fingerprint density at radius 2 is 1.62 bits per heavy atom. The van der Waals surface area contributed by atoms with Crippen LogP contribution in [0.15, 0.2) is 65.4 Å². The standard InChI is InChI=1S/C21H23F2N5O/c1-3-13(2)26-21(28-20(29)15-6-10-17(23)11-7-15)27-19(25)12-18(24)14-4-8-16(22)9-5-14/h4-13,24H,3,25H2,1-2H3,(H2,26,27,28,29)/b19-12+,24-18?. The van der Waals surface area contributed by atoms with Gasteiger partial charge in [0.15, 0.2) is 0 Å². The maximum atomic E-state index is 13.0. The van der Waals surface area contributed by atoms with Gasteiger partial charge in [0.2, 0.25) is 5.96 Å². The van der Waals surface area contributed by atoms with Gasteiger partial charge in [-0.2, -0.15) is 4.99 Å². The first-order chi connectivity index (χ1) is 13.8. The third-order valence-corrected chi connectivity index (χ3v) is 4.02. The lowest BCUT2D eigenvalue weighted by molar-refractivity contribution is 0.100. The number of nitrogens with two attached hydrogens (primary N) is 1. The summed E-state index contributed by atoms with van der Waals surface area (Å²) in [4.78, 5) is 16.4. The number of nitrogens with one attached hydrogen (secondary N) is 3. The highest BCUT2D eigenvalue weighted by Gasteiger charge is 2.10. The summed E-state index contributed by atoms with van der Waals surface area (Å²) >= 11 is 0. The number of rotatable bonds is 6. The average Bonchev–Trinajstić information content (AvgIpc) is 2.68. The van der Waals surface area contributed by atoms with Crippen LogP contribution < -0.4 is 16.4 Å². The molecule has 29 heavy (non-hydrogen) atoms. The Balaban J connectivity index is 2.20. The summed E-state index contributed by atoms with van der Waals surface area (Å²) in [5.41, 5.74) is 6.70. The lowest BCUT2D eigenvalue weighted by atomic mass is 10.1. The highest BCUT2D eigenvalue weighted by atomic mass is 19.1. The van der Waals surface area contributed by atoms with Crippen LogP contribution in [0, 0.1) is 17.0 Å². The number of allylic oxidation sites excluding steroid dienone is 1. The van der Waals surface area contributed by atoms with Crippen LogP contribution in [0.3, 0.4) is 0 Å². The van der Waals surface area contributed by atoms with Crippen molar-refractivity contribution in [1.29, 1.82) is 5.41 Å². The molecule has 2 aromatic rings. The molecule has 0 aliphatic rings. The second-order valence-corrected chi connectivity index (χ2v) is 6.37. The Kier molecular flexibility index (Phi) is 7.59. The van der Waals surface area contributed by atoms with Gasteiger partial charge in [-0.1, -0.05) is 6.92 Å². The summed E-state index contributed by atoms with van der Waals surface area (Å²) in [6.45, 7) is 3.86. The van der Waals surface area contributed by atoms with Crippen LogP contribution >= 0.6 is 0 Å². The molecule has 6 nitrogen and oxygen atoms in total. The van der Waals surface area contributed by atoms with Crippen LogP contribution in [-0.2, 0) is 0 Å². The fourth-order valence-electron chi connectivity index (χ4n) is 2.23. The van der Waals surface area contributed by atoms with Crippen molar-refractivity contribution < 1.29 is 13.6 Å². The van der Waals surface area contributed by atoms with Gasteiger partial charge in [0.25, 0.3) is 5.91 Å². The molecule has 152 valence electrons. The summed E-state index contributed by atoms with van der Waals surface area (Å²) in [5.74, 6) is -1.25. The maximum Gasteiger partial charge on any atom is 0.280 e. The number of halogens is 2. The zero-order chi connectivity index (χ0) is 21.4. The number of benzene rings is 2. The van der Waals surface area contributed by atoms with E-state index in [0.29, 0.717) is 5.56 Å². The van der Waals surface area contributed by atoms with E-state index in [9.17, 15) is 13.6 Å². The van der Waals surface area contributed by atoms with Gasteiger partial charge in [-0.3, -0.25) is 4.79 Å². The van der Waals surface area contributed by atoms with Gasteiger partial charge in [-0.15, -0.1) is 0 Å². The minimum absolute atomic E-state index is 0.00776. The highest BCUT2D eigenvalue weighted by Crippen LogP contribution is 2.06. The van der Waals surface area contributed by atoms with Gasteiger partial charge in [-0.25, -0.2) is 8.78 Å². The van der Waals surface area contributed by atoms with Crippen LogP contribution in [0.2, 0.25) is 0 Å². The molecular formula is C21H23F2N5O. The number of carbonyl (C=O) groups is 1. The number of hydrogen-bond donors (Lipinski definition) is 4. The van der Waals surface area contributed by atoms with Gasteiger partial charge >= 0.3 is 0 Å². The SMILES string of the molecule is CCC(C)N/C(=N/C(=O)c1ccc(F)cc1)N/C(N)=C/C(=N)c1ccc(F)cc1. The predicted octanol–water partition coefficient (Wildman–Crippen LogP) is 3.31. The van der Waals surface area contributed by atoms with E-state index >= 15 is 0 Å². The van der Waals surface area contributed by atoms with Crippen molar-refractivity contribution in [3.63, 3.8) is 0 Å². The molecule has 8 heteroatoms. The van der Waals surface area contributed by atoms with Gasteiger partial charge in [-0.05, 0) is 67.4 Å². The van der Waals surface area contributed by atoms with Crippen LogP contribution in [0.4, 0.5) is 8.78 Å². The summed E-state index contributed by atoms with van der Waals surface area (Å²) in [6.07, 6.45) is 2.10. The van der Waals surface area contributed by atoms with Crippen molar-refractivity contribution in [1.82, 2.24) is 10.6 Å². The lowest BCUT2D eigenvalue weighted by Crippen LogP contribution is -2.43. The van der Waals surface area contributed by atoms with E-state index in [1.165, 1.54) is 54.6 Å². The molecule has 2 rings (SSSR count). The maximum absolute atomic E-state index is 13.0. The zero-order valence-electron chi connectivity index (χ0n) is 16.2. The van der Waals surface area contributed by atoms with E-state index in [2.05, 4.69) is 15.6 Å². The van der Waals surface area contributed by atoms with Crippen molar-refractivity contribution >= 4 is 17.6 Å². The smallest absolute Gasteiger partial charge is 0.280 e. The largest absolute Gasteiger partial charge is 0.385 e. The fraction of sp³-hybridized carbons (Fsp3) is 0.190. The van der Waals surface area contributed by atoms with Crippen molar-refractivity contribution in [3.05, 3.63) is 83.2 Å². The number of amides is 1. The Bertz CT molecular complexity index is 921. The fourth-order valence-corrected chi connectivity index (χ4v) is 2.23. The molecular weight excluding hydrogens is 376 g/mol. The molecule has 0 bridgehead atoms. The quantitative estimate of drug-likeness (QED) is 0.442. The molecule has 1 amide bonds. The molecule has 0 aliphatic carbocycles. The molecule has 0 saturated carbocycles. The first kappa shape index (κ1) is 21.7. The van der Waals surface area contributed by atoms with Crippen molar-refractivity contribution in [2.75, 3.05) is 0 Å². The Hall–Kier alpha value is -3.55. The minimum atomic E-state index is -0.579. The molecule has 0 heterocycles. The van der Waals surface area contributed by atoms with Crippen LogP contribution in [0.1, 0.15) is 36.2 Å². The van der Waals surface area contributed by atoms with E-state index in [1.807, 2.05) is 13.8 Å². The number of hydrogen-bond acceptors (Lipinski definition) is 3. The number of nitrogens with zero attached hydrogens (tertiary/aromatic N) is 1. The van der Waals surface area contributed by atoms with Crippen molar-refractivity contribution in [2.24, 2.45) is 10.7 Å². The molecule has 0 aromatic heterocycles. The molecule has 5 N–H and O–H groups in total. The number of carbonyl (C=O) groups excluding carboxylic acids is 1. The first-order valence-electron chi connectivity index (χ1n) is 9.02. The van der Waals surface area contributed by atoms with E-state index in [0.717, 1.165) is 6.42 Å². The monoisotopic (exact) mass is 399 g/mol. The second-order valence-electron chi connectivity index (χ2n) is 6.37. The average molecular weight is 399 g/mol. The summed E-state index contributed by atoms with van der Waals surface area (Å²) in [7, 11) is 0. The third-order valence-electron chi connectivity index (χ3n) is 4.02. The first-order valence-corrected chi connectivity index (χ1v) is 9.02. The van der Waals surface area contributed by atoms with Gasteiger partial charge in [0, 0.05) is 17.7 Å². The van der Waals surface area contributed by atoms with Crippen LogP contribution in [0.25, 0.3) is 0 Å². The molecule has 2 aromatic carbocycles. The molecule has 0 fully saturated rings. The Morgan fingerprint density at radius 3 is 2.14 bits per heavy atom. The highest BCUT2D eigenvalue weighted by molar-refractivity contribution is 6.07. The summed E-state index contributed by atoms with van der Waals surface area (Å²) in [6, 6.07) is 10.5. The van der Waals surface area contributed by atoms with E-state index in [-0.39, 0.29) is 29.1 Å². The van der Waals surface area contributed by atoms with Gasteiger partial charge in [0.1, 0.15) is 17.5 Å². The van der Waals surface area contributed by atoms with E-state index < -0.39 is 17.5 Å². The van der Waals surface area contributed by atoms with E-state index in [4.69, 9.17) is 11.1 Å². The Labute approximate surface area is 168 Å². The molecule has 1 unspecified atom stereocenters. The van der Waals surface area contributed by atoms with Gasteiger partial charge < -0.3 is 21.8 Å². The molecule has 0 radical (unpaired) electrons. The minimum Gasteiger partial charge on any atom is -0.385 e.